The molecule has 5 nitrogen and oxygen atoms in total. The molecule has 0 amide bonds. The number of hydrogen-bond acceptors (Lipinski definition) is 5. The molecule has 0 N–H and O–H groups in total. The summed E-state index contributed by atoms with van der Waals surface area (Å²) in [7, 11) is 1.26. The second-order valence-electron chi connectivity index (χ2n) is 4.90. The summed E-state index contributed by atoms with van der Waals surface area (Å²) >= 11 is 0. The van der Waals surface area contributed by atoms with Crippen LogP contribution in [0.3, 0.4) is 0 Å². The Bertz CT molecular complexity index is 888. The number of ether oxygens (including phenoxy) is 1. The van der Waals surface area contributed by atoms with Crippen molar-refractivity contribution < 1.29 is 27.5 Å². The largest absolute Gasteiger partial charge is 0.492 e. The molecule has 0 aliphatic heterocycles. The molecule has 0 atom stereocenters. The van der Waals surface area contributed by atoms with E-state index >= 15 is 0 Å². The van der Waals surface area contributed by atoms with Crippen LogP contribution in [0.25, 0.3) is 11.4 Å². The van der Waals surface area contributed by atoms with Gasteiger partial charge in [-0.3, -0.25) is 9.59 Å². The van der Waals surface area contributed by atoms with Crippen LogP contribution in [0.2, 0.25) is 0 Å². The van der Waals surface area contributed by atoms with Crippen molar-refractivity contribution in [1.82, 2.24) is 9.97 Å². The third-order valence-corrected chi connectivity index (χ3v) is 3.38. The van der Waals surface area contributed by atoms with Crippen LogP contribution >= 0.6 is 0 Å². The Labute approximate surface area is 133 Å². The summed E-state index contributed by atoms with van der Waals surface area (Å²) in [6.07, 6.45) is -3.59. The van der Waals surface area contributed by atoms with E-state index in [1.54, 1.807) is 0 Å². The standard InChI is InChI=1S/C16H9F3N2O3/c1-24-12-7-11(22)14-8(15(12)23)5-6-10(21-14)9-3-2-4-13(20-9)16(17,18)19/h2-7H,1H3. The quantitative estimate of drug-likeness (QED) is 0.844. The Morgan fingerprint density at radius 3 is 2.38 bits per heavy atom. The summed E-state index contributed by atoms with van der Waals surface area (Å²) in [6.45, 7) is 0. The number of aromatic nitrogens is 2. The fourth-order valence-corrected chi connectivity index (χ4v) is 2.25. The Kier molecular flexibility index (Phi) is 3.67. The third kappa shape index (κ3) is 2.66. The van der Waals surface area contributed by atoms with Gasteiger partial charge in [-0.05, 0) is 24.3 Å². The molecular weight excluding hydrogens is 325 g/mol. The molecule has 2 aromatic heterocycles. The molecule has 3 rings (SSSR count). The normalized spacial score (nSPS) is 14.2. The summed E-state index contributed by atoms with van der Waals surface area (Å²) in [5.74, 6) is -1.18. The van der Waals surface area contributed by atoms with Crippen molar-refractivity contribution in [3.63, 3.8) is 0 Å². The molecule has 2 heterocycles. The van der Waals surface area contributed by atoms with Gasteiger partial charge in [0.1, 0.15) is 11.4 Å². The minimum absolute atomic E-state index is 0.0371. The zero-order valence-electron chi connectivity index (χ0n) is 12.2. The van der Waals surface area contributed by atoms with Crippen LogP contribution < -0.4 is 0 Å². The lowest BCUT2D eigenvalue weighted by atomic mass is 9.97. The van der Waals surface area contributed by atoms with Crippen LogP contribution in [-0.2, 0) is 10.9 Å². The molecule has 122 valence electrons. The van der Waals surface area contributed by atoms with E-state index in [0.29, 0.717) is 0 Å². The van der Waals surface area contributed by atoms with E-state index < -0.39 is 23.4 Å². The Hall–Kier alpha value is -3.03. The number of alkyl halides is 3. The summed E-state index contributed by atoms with van der Waals surface area (Å²) in [6, 6.07) is 6.04. The first-order chi connectivity index (χ1) is 11.3. The number of allylic oxidation sites excluding steroid dienone is 2. The summed E-state index contributed by atoms with van der Waals surface area (Å²) in [4.78, 5) is 31.6. The molecule has 24 heavy (non-hydrogen) atoms. The third-order valence-electron chi connectivity index (χ3n) is 3.38. The molecule has 0 radical (unpaired) electrons. The van der Waals surface area contributed by atoms with E-state index in [1.165, 1.54) is 31.4 Å². The number of halogens is 3. The Morgan fingerprint density at radius 1 is 1.00 bits per heavy atom. The van der Waals surface area contributed by atoms with Crippen molar-refractivity contribution in [1.29, 1.82) is 0 Å². The van der Waals surface area contributed by atoms with E-state index in [9.17, 15) is 22.8 Å². The molecule has 2 aromatic rings. The van der Waals surface area contributed by atoms with Gasteiger partial charge in [-0.25, -0.2) is 9.97 Å². The van der Waals surface area contributed by atoms with Gasteiger partial charge in [0.25, 0.3) is 0 Å². The highest BCUT2D eigenvalue weighted by Gasteiger charge is 2.33. The minimum Gasteiger partial charge on any atom is -0.492 e. The van der Waals surface area contributed by atoms with Crippen LogP contribution in [0.4, 0.5) is 13.2 Å². The highest BCUT2D eigenvalue weighted by molar-refractivity contribution is 6.23. The molecule has 0 saturated heterocycles. The molecule has 1 aliphatic rings. The topological polar surface area (TPSA) is 69.2 Å². The van der Waals surface area contributed by atoms with Gasteiger partial charge in [-0.15, -0.1) is 0 Å². The maximum atomic E-state index is 12.7. The molecular formula is C16H9F3N2O3. The summed E-state index contributed by atoms with van der Waals surface area (Å²) in [5.41, 5.74) is -1.15. The van der Waals surface area contributed by atoms with E-state index in [0.717, 1.165) is 12.1 Å². The van der Waals surface area contributed by atoms with Crippen molar-refractivity contribution in [2.24, 2.45) is 0 Å². The first-order valence-corrected chi connectivity index (χ1v) is 6.71. The first-order valence-electron chi connectivity index (χ1n) is 6.71. The lowest BCUT2D eigenvalue weighted by Crippen LogP contribution is -2.19. The SMILES string of the molecule is COC1=CC(=O)c2nc(-c3cccc(C(F)(F)F)n3)ccc2C1=O. The maximum absolute atomic E-state index is 12.7. The van der Waals surface area contributed by atoms with Gasteiger partial charge in [0, 0.05) is 6.08 Å². The predicted molar refractivity (Wildman–Crippen MR) is 76.2 cm³/mol. The number of methoxy groups -OCH3 is 1. The van der Waals surface area contributed by atoms with Gasteiger partial charge in [0.15, 0.2) is 5.76 Å². The zero-order chi connectivity index (χ0) is 17.5. The average molecular weight is 334 g/mol. The molecule has 0 fully saturated rings. The Balaban J connectivity index is 2.08. The number of carbonyl (C=O) groups excluding carboxylic acids is 2. The Morgan fingerprint density at radius 2 is 1.71 bits per heavy atom. The van der Waals surface area contributed by atoms with Gasteiger partial charge >= 0.3 is 6.18 Å². The summed E-state index contributed by atoms with van der Waals surface area (Å²) < 4.78 is 43.1. The monoisotopic (exact) mass is 334 g/mol. The van der Waals surface area contributed by atoms with Crippen LogP contribution in [0.1, 0.15) is 26.5 Å². The van der Waals surface area contributed by atoms with E-state index in [4.69, 9.17) is 4.74 Å². The van der Waals surface area contributed by atoms with Gasteiger partial charge in [0.2, 0.25) is 11.6 Å². The van der Waals surface area contributed by atoms with Crippen LogP contribution in [0.15, 0.2) is 42.2 Å². The number of pyridine rings is 2. The number of Topliss-reactive ketones (excluding diaryl/α,β-unsaturated/α-hetero) is 1. The number of hydrogen-bond donors (Lipinski definition) is 0. The molecule has 8 heteroatoms. The smallest absolute Gasteiger partial charge is 0.433 e. The molecule has 0 saturated carbocycles. The summed E-state index contributed by atoms with van der Waals surface area (Å²) in [5, 5.41) is 0. The predicted octanol–water partition coefficient (Wildman–Crippen LogP) is 3.07. The van der Waals surface area contributed by atoms with Crippen LogP contribution in [0.5, 0.6) is 0 Å². The number of nitrogens with zero attached hydrogens (tertiary/aromatic N) is 2. The van der Waals surface area contributed by atoms with Gasteiger partial charge in [-0.2, -0.15) is 13.2 Å². The van der Waals surface area contributed by atoms with E-state index in [-0.39, 0.29) is 28.4 Å². The van der Waals surface area contributed by atoms with Crippen molar-refractivity contribution in [3.05, 3.63) is 59.1 Å². The molecule has 0 spiro atoms. The second kappa shape index (κ2) is 5.55. The average Bonchev–Trinajstić information content (AvgIpc) is 2.57. The van der Waals surface area contributed by atoms with E-state index in [2.05, 4.69) is 9.97 Å². The number of fused-ring (bicyclic) bond motifs is 1. The van der Waals surface area contributed by atoms with Crippen LogP contribution in [0, 0.1) is 0 Å². The molecule has 0 aromatic carbocycles. The lowest BCUT2D eigenvalue weighted by Gasteiger charge is -2.14. The number of carbonyl (C=O) groups is 2. The highest BCUT2D eigenvalue weighted by atomic mass is 19.4. The fraction of sp³-hybridized carbons (Fsp3) is 0.125. The van der Waals surface area contributed by atoms with Crippen molar-refractivity contribution >= 4 is 11.6 Å². The fourth-order valence-electron chi connectivity index (χ4n) is 2.25. The molecule has 0 bridgehead atoms. The minimum atomic E-state index is -4.59. The molecule has 1 aliphatic carbocycles. The zero-order valence-corrected chi connectivity index (χ0v) is 12.2. The van der Waals surface area contributed by atoms with Crippen molar-refractivity contribution in [2.45, 2.75) is 6.18 Å². The van der Waals surface area contributed by atoms with Crippen LogP contribution in [-0.4, -0.2) is 28.6 Å². The van der Waals surface area contributed by atoms with Gasteiger partial charge in [-0.1, -0.05) is 6.07 Å². The van der Waals surface area contributed by atoms with Gasteiger partial charge < -0.3 is 4.74 Å². The second-order valence-corrected chi connectivity index (χ2v) is 4.90. The lowest BCUT2D eigenvalue weighted by molar-refractivity contribution is -0.141. The highest BCUT2D eigenvalue weighted by Crippen LogP contribution is 2.30. The van der Waals surface area contributed by atoms with E-state index in [1.807, 2.05) is 0 Å². The van der Waals surface area contributed by atoms with Crippen molar-refractivity contribution in [2.75, 3.05) is 7.11 Å². The number of ketones is 2. The van der Waals surface area contributed by atoms with Gasteiger partial charge in [0.05, 0.1) is 24.1 Å². The molecule has 0 unspecified atom stereocenters. The first kappa shape index (κ1) is 15.9. The number of rotatable bonds is 2. The maximum Gasteiger partial charge on any atom is 0.433 e. The van der Waals surface area contributed by atoms with Crippen molar-refractivity contribution in [3.8, 4) is 11.4 Å².